The van der Waals surface area contributed by atoms with Gasteiger partial charge in [0.25, 0.3) is 0 Å². The van der Waals surface area contributed by atoms with Crippen molar-refractivity contribution in [1.82, 2.24) is 0 Å². The monoisotopic (exact) mass is 2320 g/mol. The normalized spacial score (nSPS) is 24.9. The molecule has 0 aromatic carbocycles. The minimum atomic E-state index is -4.10. The summed E-state index contributed by atoms with van der Waals surface area (Å²) in [6, 6.07) is -3.02. The Kier molecular flexibility index (Phi) is 194. The summed E-state index contributed by atoms with van der Waals surface area (Å²) in [6.45, 7) is 47.9. The fourth-order valence-corrected chi connectivity index (χ4v) is 13.5. The number of rotatable bonds is 34. The zero-order chi connectivity index (χ0) is 99.6. The fourth-order valence-electron chi connectivity index (χ4n) is 8.96. The van der Waals surface area contributed by atoms with E-state index >= 15 is 0 Å². The summed E-state index contributed by atoms with van der Waals surface area (Å²) in [5.41, 5.74) is 0. The molecule has 0 saturated carbocycles. The van der Waals surface area contributed by atoms with Gasteiger partial charge in [-0.05, 0) is 66.5 Å². The van der Waals surface area contributed by atoms with Crippen LogP contribution in [0.25, 0.3) is 0 Å². The third-order valence-electron chi connectivity index (χ3n) is 13.0. The number of phosphoric ester groups is 4. The van der Waals surface area contributed by atoms with E-state index in [9.17, 15) is 18.3 Å². The molecule has 0 aromatic heterocycles. The van der Waals surface area contributed by atoms with E-state index in [0.29, 0.717) is 25.7 Å². The highest BCUT2D eigenvalue weighted by molar-refractivity contribution is 8.66. The van der Waals surface area contributed by atoms with Crippen molar-refractivity contribution in [3.63, 3.8) is 0 Å². The second kappa shape index (κ2) is 133. The molecule has 128 heavy (non-hydrogen) atoms. The number of methoxy groups -OCH3 is 4. The zero-order valence-corrected chi connectivity index (χ0v) is 110. The minimum absolute atomic E-state index is 0. The van der Waals surface area contributed by atoms with Crippen molar-refractivity contribution in [1.29, 1.82) is 0 Å². The van der Waals surface area contributed by atoms with Crippen LogP contribution in [-0.4, -0.2) is 281 Å². The summed E-state index contributed by atoms with van der Waals surface area (Å²) in [5.74, 6) is 0. The van der Waals surface area contributed by atoms with Gasteiger partial charge in [0.2, 0.25) is 0 Å². The molecule has 6 rings (SSSR count). The maximum absolute atomic E-state index is 13.3. The van der Waals surface area contributed by atoms with E-state index in [1.807, 2.05) is 166 Å². The van der Waals surface area contributed by atoms with Gasteiger partial charge in [-0.25, -0.2) is 18.3 Å². The highest BCUT2D eigenvalue weighted by Gasteiger charge is 2.48. The van der Waals surface area contributed by atoms with Crippen molar-refractivity contribution >= 4 is 297 Å². The molecule has 0 amide bonds. The Hall–Kier alpha value is 10.1. The largest absolute Gasteiger partial charge is 0.474 e. The summed E-state index contributed by atoms with van der Waals surface area (Å²) in [6.07, 6.45) is -5.78. The van der Waals surface area contributed by atoms with Crippen LogP contribution in [0.1, 0.15) is 234 Å². The molecule has 62 heteroatoms. The molecule has 6 aliphatic heterocycles. The van der Waals surface area contributed by atoms with Crippen molar-refractivity contribution in [2.75, 3.05) is 96.5 Å². The molecule has 0 spiro atoms. The van der Waals surface area contributed by atoms with Gasteiger partial charge < -0.3 is 47.4 Å². The van der Waals surface area contributed by atoms with Gasteiger partial charge in [-0.3, -0.25) is 54.3 Å². The SMILES string of the molecule is C.C.C.C.CC.CC.CC.CC.CC.CC.CC.CC.CC.CC.CC.CC.P.P.PP.PP.PP(P)P.PP(P)P.PP(P)P.PP(P)P.[B][B][C@H]1CC(OP(=O)(OC)OC[C@H]2O[C@@H]([B][B])CC2OP(=O)(OC)OC[C@H]2O[C@@H]([B])CC2OC)[C@@H](COC)O1.[B][B][C@H]1CC(OP(=O)(OC)OC[C@H]2O[C@@H]([B][B])CC2OP(=O)(OC)OC[C@H]2O[C@@H]([B])CC2OC)[C@@H](COC)O1. The Morgan fingerprint density at radius 2 is 0.422 bits per heavy atom. The first kappa shape index (κ1) is 186. The molecular weight excluding hydrogens is 2120 g/mol. The quantitative estimate of drug-likeness (QED) is 0.0428. The van der Waals surface area contributed by atoms with Crippen molar-refractivity contribution in [3.8, 4) is 0 Å². The van der Waals surface area contributed by atoms with Crippen LogP contribution >= 0.6 is 222 Å². The van der Waals surface area contributed by atoms with Crippen molar-refractivity contribution in [2.24, 2.45) is 0 Å². The zero-order valence-electron chi connectivity index (χ0n) is 81.5. The van der Waals surface area contributed by atoms with Gasteiger partial charge >= 0.3 is 31.3 Å². The molecular formula is C66H192B10O26P26. The lowest BCUT2D eigenvalue weighted by Crippen LogP contribution is -2.31. The third-order valence-corrected chi connectivity index (χ3v) is 18.8. The van der Waals surface area contributed by atoms with E-state index in [2.05, 4.69) is 143 Å². The summed E-state index contributed by atoms with van der Waals surface area (Å²) >= 11 is 0. The van der Waals surface area contributed by atoms with Gasteiger partial charge in [0.15, 0.2) is 0 Å². The van der Waals surface area contributed by atoms with Crippen LogP contribution in [-0.2, 0) is 120 Å². The molecule has 6 fully saturated rings. The average Bonchev–Trinajstić information content (AvgIpc) is 1.67. The molecule has 0 bridgehead atoms. The fraction of sp³-hybridized carbons (Fsp3) is 1.00. The number of hydrogen-bond donors (Lipinski definition) is 0. The van der Waals surface area contributed by atoms with E-state index in [-0.39, 0.29) is 142 Å². The Labute approximate surface area is 850 Å². The molecule has 16 radical (unpaired) electrons. The molecule has 28 unspecified atom stereocenters. The molecule has 0 aromatic rings. The summed E-state index contributed by atoms with van der Waals surface area (Å²) < 4.78 is 174. The number of phosphoric acid groups is 4. The van der Waals surface area contributed by atoms with Crippen LogP contribution in [0.5, 0.6) is 0 Å². The summed E-state index contributed by atoms with van der Waals surface area (Å²) in [5, 5.41) is 0. The Bertz CT molecular complexity index is 2090. The van der Waals surface area contributed by atoms with E-state index in [1.54, 1.807) is 0 Å². The molecule has 0 N–H and O–H groups in total. The first-order chi connectivity index (χ1) is 58.1. The number of ether oxygens (including phenoxy) is 10. The Balaban J connectivity index is -0.0000000678. The molecule has 6 aliphatic rings. The predicted octanol–water partition coefficient (Wildman–Crippen LogP) is 23.7. The topological polar surface area (TPSA) is 271 Å². The van der Waals surface area contributed by atoms with E-state index in [1.165, 1.54) is 85.6 Å². The average molecular weight is 2320 g/mol. The smallest absolute Gasteiger partial charge is 0.382 e. The van der Waals surface area contributed by atoms with E-state index < -0.39 is 128 Å². The minimum Gasteiger partial charge on any atom is -0.382 e. The van der Waals surface area contributed by atoms with Crippen molar-refractivity contribution in [3.05, 3.63) is 0 Å². The molecule has 0 aliphatic carbocycles. The van der Waals surface area contributed by atoms with E-state index in [4.69, 9.17) is 148 Å². The molecule has 40 atom stereocenters. The molecule has 6 saturated heterocycles. The summed E-state index contributed by atoms with van der Waals surface area (Å²) in [7, 11) is 75.0. The second-order valence-corrected chi connectivity index (χ2v) is 73.4. The van der Waals surface area contributed by atoms with Crippen LogP contribution in [0, 0.1) is 0 Å². The standard InChI is InChI=1S/2C19H33B5O13P2.12C2H6.4CH4.4H6P4.2H4P2.2H3P/c2*1-27-8-14-12(6-18(23-21)34-14)36-39(26,30-4)32-10-16-13(7-19(24-22)35-16)37-38(25,29-3)31-9-15-11(28-2)5-17(20)33-15;12*1-2;;;;;4*1-4(2)3;2*1-2;;/h2*11-19H,5-10H2,1-4H3;12*1-2H3;4*1H4;4*1-3H2;2*1-2H2;2*1H3/t2*11?,12?,13?,14-,15-,16-,17-,18-,19-,38?,39?;;;;;;;;;;;;;;;;;;;;;;;;/m11......................../s1. The third kappa shape index (κ3) is 102. The van der Waals surface area contributed by atoms with Crippen LogP contribution in [0.4, 0.5) is 0 Å². The van der Waals surface area contributed by atoms with Crippen molar-refractivity contribution < 1.29 is 120 Å². The van der Waals surface area contributed by atoms with Gasteiger partial charge in [0.1, 0.15) is 52.3 Å². The summed E-state index contributed by atoms with van der Waals surface area (Å²) in [4.78, 5) is 0. The first-order valence-corrected chi connectivity index (χ1v) is 76.6. The molecule has 6 heterocycles. The lowest BCUT2D eigenvalue weighted by atomic mass is 9.51. The predicted molar refractivity (Wildman–Crippen MR) is 653 cm³/mol. The van der Waals surface area contributed by atoms with Gasteiger partial charge in [0, 0.05) is 124 Å². The van der Waals surface area contributed by atoms with Crippen LogP contribution in [0.2, 0.25) is 0 Å². The first-order valence-electron chi connectivity index (χ1n) is 40.6. The van der Waals surface area contributed by atoms with Crippen LogP contribution < -0.4 is 0 Å². The number of hydrogen-bond acceptors (Lipinski definition) is 26. The lowest BCUT2D eigenvalue weighted by Gasteiger charge is -2.27. The molecule has 26 nitrogen and oxygen atoms in total. The maximum Gasteiger partial charge on any atom is 0.474 e. The highest BCUT2D eigenvalue weighted by Crippen LogP contribution is 2.62. The van der Waals surface area contributed by atoms with Crippen molar-refractivity contribution in [2.45, 2.75) is 344 Å². The van der Waals surface area contributed by atoms with Gasteiger partial charge in [0.05, 0.1) is 105 Å². The van der Waals surface area contributed by atoms with Crippen LogP contribution in [0.15, 0.2) is 0 Å². The second-order valence-electron chi connectivity index (χ2n) is 20.0. The van der Waals surface area contributed by atoms with Crippen LogP contribution in [0.3, 0.4) is 0 Å². The Morgan fingerprint density at radius 1 is 0.281 bits per heavy atom. The van der Waals surface area contributed by atoms with Gasteiger partial charge in [-0.2, -0.15) is 19.8 Å². The molecule has 772 valence electrons. The maximum atomic E-state index is 13.3. The highest BCUT2D eigenvalue weighted by atomic mass is 32.7. The van der Waals surface area contributed by atoms with Gasteiger partial charge in [-0.1, -0.05) is 196 Å². The van der Waals surface area contributed by atoms with Gasteiger partial charge in [-0.15, -0.1) is 143 Å². The lowest BCUT2D eigenvalue weighted by molar-refractivity contribution is -0.0413. The Morgan fingerprint density at radius 3 is 0.547 bits per heavy atom. The van der Waals surface area contributed by atoms with E-state index in [0.717, 1.165) is 0 Å².